The summed E-state index contributed by atoms with van der Waals surface area (Å²) in [5.74, 6) is 0.944. The first-order chi connectivity index (χ1) is 12.9. The molecule has 1 aromatic rings. The van der Waals surface area contributed by atoms with Crippen molar-refractivity contribution in [2.24, 2.45) is 5.92 Å². The molecule has 1 aliphatic carbocycles. The van der Waals surface area contributed by atoms with E-state index in [0.717, 1.165) is 38.5 Å². The Kier molecular flexibility index (Phi) is 7.67. The number of nitriles is 1. The van der Waals surface area contributed by atoms with Crippen molar-refractivity contribution in [2.45, 2.75) is 77.9 Å². The van der Waals surface area contributed by atoms with Crippen LogP contribution in [0.25, 0.3) is 0 Å². The highest BCUT2D eigenvalue weighted by molar-refractivity contribution is 5.98. The molecule has 1 aliphatic rings. The number of carbonyl (C=O) groups excluding carboxylic acids is 1. The van der Waals surface area contributed by atoms with Gasteiger partial charge in [-0.3, -0.25) is 4.79 Å². The van der Waals surface area contributed by atoms with E-state index in [4.69, 9.17) is 9.47 Å². The molecular formula is C22H32N2O3. The summed E-state index contributed by atoms with van der Waals surface area (Å²) >= 11 is 0. The minimum Gasteiger partial charge on any atom is -0.491 e. The van der Waals surface area contributed by atoms with Crippen molar-refractivity contribution in [3.63, 3.8) is 0 Å². The lowest BCUT2D eigenvalue weighted by atomic mass is 9.78. The number of amides is 1. The minimum atomic E-state index is -0.799. The van der Waals surface area contributed by atoms with Gasteiger partial charge in [0.2, 0.25) is 0 Å². The Balaban J connectivity index is 2.20. The van der Waals surface area contributed by atoms with Gasteiger partial charge in [-0.25, -0.2) is 0 Å². The normalized spacial score (nSPS) is 23.3. The Hall–Kier alpha value is -2.06. The van der Waals surface area contributed by atoms with Crippen molar-refractivity contribution >= 4 is 11.6 Å². The molecule has 0 aliphatic heterocycles. The maximum absolute atomic E-state index is 13.1. The van der Waals surface area contributed by atoms with E-state index in [2.05, 4.69) is 18.3 Å². The fraction of sp³-hybridized carbons (Fsp3) is 0.636. The van der Waals surface area contributed by atoms with Gasteiger partial charge in [-0.2, -0.15) is 5.26 Å². The molecule has 1 saturated carbocycles. The summed E-state index contributed by atoms with van der Waals surface area (Å²) < 4.78 is 11.8. The number of rotatable bonds is 8. The largest absolute Gasteiger partial charge is 0.491 e. The number of hydrogen-bond acceptors (Lipinski definition) is 4. The van der Waals surface area contributed by atoms with Crippen LogP contribution in [0.3, 0.4) is 0 Å². The summed E-state index contributed by atoms with van der Waals surface area (Å²) in [6.45, 7) is 8.80. The van der Waals surface area contributed by atoms with Gasteiger partial charge in [-0.05, 0) is 57.1 Å². The molecule has 5 nitrogen and oxygen atoms in total. The van der Waals surface area contributed by atoms with Gasteiger partial charge < -0.3 is 14.8 Å². The summed E-state index contributed by atoms with van der Waals surface area (Å²) in [7, 11) is 0. The van der Waals surface area contributed by atoms with Crippen molar-refractivity contribution < 1.29 is 14.3 Å². The molecule has 0 radical (unpaired) electrons. The Labute approximate surface area is 163 Å². The van der Waals surface area contributed by atoms with Crippen LogP contribution in [-0.4, -0.2) is 24.2 Å². The smallest absolute Gasteiger partial charge is 0.256 e. The lowest BCUT2D eigenvalue weighted by Crippen LogP contribution is -2.48. The van der Waals surface area contributed by atoms with E-state index in [0.29, 0.717) is 29.5 Å². The first-order valence-corrected chi connectivity index (χ1v) is 10.1. The van der Waals surface area contributed by atoms with Gasteiger partial charge in [0.05, 0.1) is 17.4 Å². The molecule has 1 aromatic carbocycles. The Bertz CT molecular complexity index is 683. The predicted molar refractivity (Wildman–Crippen MR) is 107 cm³/mol. The molecule has 1 amide bonds. The van der Waals surface area contributed by atoms with Crippen LogP contribution in [0, 0.1) is 17.2 Å². The Morgan fingerprint density at radius 1 is 1.44 bits per heavy atom. The molecule has 148 valence electrons. The number of nitrogens with one attached hydrogen (secondary N) is 1. The molecule has 27 heavy (non-hydrogen) atoms. The van der Waals surface area contributed by atoms with E-state index in [-0.39, 0.29) is 12.0 Å². The van der Waals surface area contributed by atoms with E-state index in [1.807, 2.05) is 20.8 Å². The molecule has 0 bridgehead atoms. The summed E-state index contributed by atoms with van der Waals surface area (Å²) in [6, 6.07) is 7.39. The molecule has 0 aromatic heterocycles. The van der Waals surface area contributed by atoms with Gasteiger partial charge in [0, 0.05) is 12.7 Å². The number of benzene rings is 1. The second-order valence-corrected chi connectivity index (χ2v) is 7.65. The van der Waals surface area contributed by atoms with Crippen molar-refractivity contribution in [3.05, 3.63) is 23.8 Å². The van der Waals surface area contributed by atoms with Crippen LogP contribution in [0.1, 0.15) is 71.8 Å². The Morgan fingerprint density at radius 3 is 2.85 bits per heavy atom. The predicted octanol–water partition coefficient (Wildman–Crippen LogP) is 5.05. The van der Waals surface area contributed by atoms with Gasteiger partial charge in [-0.1, -0.05) is 27.2 Å². The number of nitrogens with zero attached hydrogens (tertiary/aromatic N) is 1. The number of carbonyl (C=O) groups is 1. The van der Waals surface area contributed by atoms with Gasteiger partial charge >= 0.3 is 0 Å². The molecule has 3 atom stereocenters. The maximum Gasteiger partial charge on any atom is 0.256 e. The fourth-order valence-electron chi connectivity index (χ4n) is 3.55. The third-order valence-electron chi connectivity index (χ3n) is 5.22. The topological polar surface area (TPSA) is 71.3 Å². The molecule has 2 rings (SSSR count). The van der Waals surface area contributed by atoms with Crippen molar-refractivity contribution in [2.75, 3.05) is 11.9 Å². The van der Waals surface area contributed by atoms with Crippen molar-refractivity contribution in [3.8, 4) is 11.8 Å². The van der Waals surface area contributed by atoms with E-state index in [9.17, 15) is 10.1 Å². The van der Waals surface area contributed by atoms with Gasteiger partial charge in [0.25, 0.3) is 5.91 Å². The van der Waals surface area contributed by atoms with Crippen molar-refractivity contribution in [1.82, 2.24) is 0 Å². The minimum absolute atomic E-state index is 0.0754. The van der Waals surface area contributed by atoms with E-state index in [1.54, 1.807) is 18.2 Å². The first kappa shape index (κ1) is 21.2. The quantitative estimate of drug-likeness (QED) is 0.693. The molecule has 1 N–H and O–H groups in total. The highest BCUT2D eigenvalue weighted by atomic mass is 16.5. The summed E-state index contributed by atoms with van der Waals surface area (Å²) in [5, 5.41) is 12.5. The van der Waals surface area contributed by atoms with Crippen LogP contribution in [-0.2, 0) is 9.53 Å². The van der Waals surface area contributed by atoms with Gasteiger partial charge in [-0.15, -0.1) is 0 Å². The van der Waals surface area contributed by atoms with Crippen LogP contribution in [0.15, 0.2) is 18.2 Å². The van der Waals surface area contributed by atoms with Crippen LogP contribution >= 0.6 is 0 Å². The maximum atomic E-state index is 13.1. The third-order valence-corrected chi connectivity index (χ3v) is 5.22. The lowest BCUT2D eigenvalue weighted by Gasteiger charge is -2.38. The number of anilines is 1. The van der Waals surface area contributed by atoms with E-state index >= 15 is 0 Å². The highest BCUT2D eigenvalue weighted by Crippen LogP contribution is 2.37. The summed E-state index contributed by atoms with van der Waals surface area (Å²) in [5.41, 5.74) is 0.113. The molecule has 0 heterocycles. The molecular weight excluding hydrogens is 340 g/mol. The SMILES string of the molecule is CCCOC1(C(=O)Nc2ccc(OC(C)CC)cc2C#N)CCCC(C)C1. The van der Waals surface area contributed by atoms with Crippen LogP contribution in [0.2, 0.25) is 0 Å². The molecule has 1 fully saturated rings. The highest BCUT2D eigenvalue weighted by Gasteiger charge is 2.43. The first-order valence-electron chi connectivity index (χ1n) is 10.1. The van der Waals surface area contributed by atoms with Crippen LogP contribution in [0.4, 0.5) is 5.69 Å². The van der Waals surface area contributed by atoms with E-state index in [1.165, 1.54) is 0 Å². The van der Waals surface area contributed by atoms with Gasteiger partial charge in [0.15, 0.2) is 0 Å². The third kappa shape index (κ3) is 5.46. The lowest BCUT2D eigenvalue weighted by molar-refractivity contribution is -0.148. The molecule has 0 saturated heterocycles. The second kappa shape index (κ2) is 9.75. The second-order valence-electron chi connectivity index (χ2n) is 7.65. The zero-order chi connectivity index (χ0) is 19.9. The zero-order valence-electron chi connectivity index (χ0n) is 17.0. The molecule has 3 unspecified atom stereocenters. The van der Waals surface area contributed by atoms with Crippen LogP contribution in [0.5, 0.6) is 5.75 Å². The van der Waals surface area contributed by atoms with Crippen molar-refractivity contribution in [1.29, 1.82) is 5.26 Å². The summed E-state index contributed by atoms with van der Waals surface area (Å²) in [6.07, 6.45) is 5.37. The van der Waals surface area contributed by atoms with Crippen LogP contribution < -0.4 is 10.1 Å². The zero-order valence-corrected chi connectivity index (χ0v) is 17.0. The fourth-order valence-corrected chi connectivity index (χ4v) is 3.55. The van der Waals surface area contributed by atoms with Gasteiger partial charge in [0.1, 0.15) is 17.4 Å². The monoisotopic (exact) mass is 372 g/mol. The average Bonchev–Trinajstić information content (AvgIpc) is 2.67. The molecule has 5 heteroatoms. The Morgan fingerprint density at radius 2 is 2.22 bits per heavy atom. The van der Waals surface area contributed by atoms with E-state index < -0.39 is 5.60 Å². The molecule has 0 spiro atoms. The summed E-state index contributed by atoms with van der Waals surface area (Å²) in [4.78, 5) is 13.1. The number of hydrogen-bond donors (Lipinski definition) is 1. The average molecular weight is 373 g/mol. The standard InChI is InChI=1S/C22H32N2O3/c1-5-12-26-22(11-7-8-16(3)14-22)21(25)24-20-10-9-19(13-18(20)15-23)27-17(4)6-2/h9-10,13,16-17H,5-8,11-12,14H2,1-4H3,(H,24,25). The number of ether oxygens (including phenoxy) is 2.